The number of carbonyl (C=O) groups is 1. The Balaban J connectivity index is 2.19. The fraction of sp³-hybridized carbons (Fsp3) is 0.0833. The monoisotopic (exact) mass is 262 g/mol. The molecule has 0 fully saturated rings. The summed E-state index contributed by atoms with van der Waals surface area (Å²) in [7, 11) is 1.76. The molecule has 1 aromatic carbocycles. The molecule has 0 saturated carbocycles. The molecule has 18 heavy (non-hydrogen) atoms. The first-order valence-electron chi connectivity index (χ1n) is 5.28. The van der Waals surface area contributed by atoms with Crippen LogP contribution in [0.25, 0.3) is 0 Å². The molecule has 0 saturated heterocycles. The quantitative estimate of drug-likeness (QED) is 0.892. The van der Waals surface area contributed by atoms with Crippen molar-refractivity contribution < 1.29 is 4.79 Å². The highest BCUT2D eigenvalue weighted by Crippen LogP contribution is 2.16. The van der Waals surface area contributed by atoms with Gasteiger partial charge in [-0.1, -0.05) is 23.7 Å². The molecular weight excluding hydrogens is 252 g/mol. The minimum absolute atomic E-state index is 0.253. The van der Waals surface area contributed by atoms with E-state index in [1.807, 2.05) is 12.1 Å². The summed E-state index contributed by atoms with van der Waals surface area (Å²) in [6.07, 6.45) is 0. The molecule has 1 heterocycles. The number of carbonyl (C=O) groups excluding carboxylic acids is 1. The number of amides is 1. The van der Waals surface area contributed by atoms with Crippen LogP contribution >= 0.6 is 11.6 Å². The van der Waals surface area contributed by atoms with Gasteiger partial charge in [0, 0.05) is 12.7 Å². The number of benzene rings is 1. The molecule has 0 atom stereocenters. The summed E-state index contributed by atoms with van der Waals surface area (Å²) in [6.45, 7) is 0. The Morgan fingerprint density at radius 2 is 1.94 bits per heavy atom. The Labute approximate surface area is 109 Å². The second-order valence-electron chi connectivity index (χ2n) is 3.49. The molecular formula is C12H11ClN4O. The van der Waals surface area contributed by atoms with Crippen molar-refractivity contribution >= 4 is 29.0 Å². The molecule has 2 rings (SSSR count). The fourth-order valence-electron chi connectivity index (χ4n) is 1.47. The number of hydrogen-bond acceptors (Lipinski definition) is 4. The largest absolute Gasteiger partial charge is 0.387 e. The lowest BCUT2D eigenvalue weighted by Gasteiger charge is -2.08. The van der Waals surface area contributed by atoms with Crippen LogP contribution in [0.15, 0.2) is 36.4 Å². The highest BCUT2D eigenvalue weighted by Gasteiger charge is 2.10. The summed E-state index contributed by atoms with van der Waals surface area (Å²) in [5, 5.41) is 13.3. The van der Waals surface area contributed by atoms with Crippen LogP contribution in [0.5, 0.6) is 0 Å². The lowest BCUT2D eigenvalue weighted by atomic mass is 10.1. The molecule has 92 valence electrons. The smallest absolute Gasteiger partial charge is 0.258 e. The van der Waals surface area contributed by atoms with Crippen molar-refractivity contribution in [1.82, 2.24) is 10.2 Å². The minimum atomic E-state index is -0.253. The van der Waals surface area contributed by atoms with E-state index in [1.54, 1.807) is 31.3 Å². The van der Waals surface area contributed by atoms with Crippen LogP contribution in [-0.2, 0) is 0 Å². The molecule has 1 amide bonds. The Morgan fingerprint density at radius 3 is 2.61 bits per heavy atom. The molecule has 0 spiro atoms. The zero-order valence-corrected chi connectivity index (χ0v) is 10.4. The van der Waals surface area contributed by atoms with E-state index in [0.717, 1.165) is 5.69 Å². The van der Waals surface area contributed by atoms with Crippen molar-refractivity contribution in [3.8, 4) is 0 Å². The molecule has 1 aromatic heterocycles. The van der Waals surface area contributed by atoms with Crippen molar-refractivity contribution in [2.24, 2.45) is 0 Å². The molecule has 0 aliphatic heterocycles. The van der Waals surface area contributed by atoms with Crippen LogP contribution in [0.3, 0.4) is 0 Å². The van der Waals surface area contributed by atoms with Gasteiger partial charge in [-0.2, -0.15) is 0 Å². The van der Waals surface area contributed by atoms with Crippen molar-refractivity contribution in [1.29, 1.82) is 0 Å². The van der Waals surface area contributed by atoms with Crippen molar-refractivity contribution in [2.75, 3.05) is 17.7 Å². The van der Waals surface area contributed by atoms with Gasteiger partial charge in [0.1, 0.15) is 0 Å². The third-order valence-electron chi connectivity index (χ3n) is 2.31. The number of para-hydroxylation sites is 1. The lowest BCUT2D eigenvalue weighted by molar-refractivity contribution is 0.102. The molecule has 0 unspecified atom stereocenters. The van der Waals surface area contributed by atoms with Crippen LogP contribution in [0.2, 0.25) is 5.15 Å². The Morgan fingerprint density at radius 1 is 1.17 bits per heavy atom. The fourth-order valence-corrected chi connectivity index (χ4v) is 1.57. The standard InChI is InChI=1S/C12H11ClN4O/c1-14-9-5-3-2-4-8(9)12(18)15-11-7-6-10(13)16-17-11/h2-7,14H,1H3,(H,15,17,18). The van der Waals surface area contributed by atoms with Crippen molar-refractivity contribution in [3.05, 3.63) is 47.1 Å². The SMILES string of the molecule is CNc1ccccc1C(=O)Nc1ccc(Cl)nn1. The summed E-state index contributed by atoms with van der Waals surface area (Å²) in [4.78, 5) is 12.0. The highest BCUT2D eigenvalue weighted by molar-refractivity contribution is 6.29. The maximum absolute atomic E-state index is 12.0. The van der Waals surface area contributed by atoms with E-state index in [0.29, 0.717) is 11.4 Å². The van der Waals surface area contributed by atoms with E-state index in [-0.39, 0.29) is 11.1 Å². The second-order valence-corrected chi connectivity index (χ2v) is 3.88. The van der Waals surface area contributed by atoms with Gasteiger partial charge in [-0.15, -0.1) is 10.2 Å². The molecule has 6 heteroatoms. The maximum atomic E-state index is 12.0. The molecule has 2 N–H and O–H groups in total. The average molecular weight is 263 g/mol. The number of nitrogens with one attached hydrogen (secondary N) is 2. The van der Waals surface area contributed by atoms with Crippen molar-refractivity contribution in [3.63, 3.8) is 0 Å². The third-order valence-corrected chi connectivity index (χ3v) is 2.52. The van der Waals surface area contributed by atoms with Gasteiger partial charge >= 0.3 is 0 Å². The first kappa shape index (κ1) is 12.3. The zero-order chi connectivity index (χ0) is 13.0. The Bertz CT molecular complexity index is 556. The van der Waals surface area contributed by atoms with Gasteiger partial charge in [-0.05, 0) is 24.3 Å². The average Bonchev–Trinajstić information content (AvgIpc) is 2.41. The molecule has 5 nitrogen and oxygen atoms in total. The van der Waals surface area contributed by atoms with Gasteiger partial charge in [0.25, 0.3) is 5.91 Å². The predicted octanol–water partition coefficient (Wildman–Crippen LogP) is 2.42. The second kappa shape index (κ2) is 5.46. The van der Waals surface area contributed by atoms with Crippen LogP contribution in [0, 0.1) is 0 Å². The number of nitrogens with zero attached hydrogens (tertiary/aromatic N) is 2. The molecule has 2 aromatic rings. The first-order valence-corrected chi connectivity index (χ1v) is 5.66. The number of aromatic nitrogens is 2. The Kier molecular flexibility index (Phi) is 3.74. The van der Waals surface area contributed by atoms with E-state index in [4.69, 9.17) is 11.6 Å². The first-order chi connectivity index (χ1) is 8.70. The number of rotatable bonds is 3. The van der Waals surface area contributed by atoms with Crippen LogP contribution in [0.4, 0.5) is 11.5 Å². The van der Waals surface area contributed by atoms with Gasteiger partial charge < -0.3 is 10.6 Å². The van der Waals surface area contributed by atoms with E-state index in [9.17, 15) is 4.79 Å². The van der Waals surface area contributed by atoms with Gasteiger partial charge in [0.05, 0.1) is 5.56 Å². The summed E-state index contributed by atoms with van der Waals surface area (Å²) >= 11 is 5.62. The van der Waals surface area contributed by atoms with E-state index < -0.39 is 0 Å². The molecule has 0 aliphatic carbocycles. The van der Waals surface area contributed by atoms with E-state index in [1.165, 1.54) is 0 Å². The van der Waals surface area contributed by atoms with Crippen LogP contribution in [-0.4, -0.2) is 23.2 Å². The predicted molar refractivity (Wildman–Crippen MR) is 71.0 cm³/mol. The zero-order valence-electron chi connectivity index (χ0n) is 9.64. The lowest BCUT2D eigenvalue weighted by Crippen LogP contribution is -2.15. The maximum Gasteiger partial charge on any atom is 0.258 e. The minimum Gasteiger partial charge on any atom is -0.387 e. The topological polar surface area (TPSA) is 66.9 Å². The highest BCUT2D eigenvalue weighted by atomic mass is 35.5. The van der Waals surface area contributed by atoms with Crippen LogP contribution < -0.4 is 10.6 Å². The molecule has 0 bridgehead atoms. The van der Waals surface area contributed by atoms with Crippen molar-refractivity contribution in [2.45, 2.75) is 0 Å². The summed E-state index contributed by atoms with van der Waals surface area (Å²) in [5.74, 6) is 0.104. The molecule has 0 radical (unpaired) electrons. The summed E-state index contributed by atoms with van der Waals surface area (Å²) in [5.41, 5.74) is 1.29. The van der Waals surface area contributed by atoms with Gasteiger partial charge in [0.15, 0.2) is 11.0 Å². The number of halogens is 1. The number of anilines is 2. The Hall–Kier alpha value is -2.14. The van der Waals surface area contributed by atoms with Crippen LogP contribution in [0.1, 0.15) is 10.4 Å². The summed E-state index contributed by atoms with van der Waals surface area (Å²) in [6, 6.07) is 10.4. The third kappa shape index (κ3) is 2.75. The van der Waals surface area contributed by atoms with Gasteiger partial charge in [-0.3, -0.25) is 4.79 Å². The van der Waals surface area contributed by atoms with E-state index in [2.05, 4.69) is 20.8 Å². The van der Waals surface area contributed by atoms with Gasteiger partial charge in [0.2, 0.25) is 0 Å². The summed E-state index contributed by atoms with van der Waals surface area (Å²) < 4.78 is 0. The van der Waals surface area contributed by atoms with Gasteiger partial charge in [-0.25, -0.2) is 0 Å². The number of hydrogen-bond donors (Lipinski definition) is 2. The van der Waals surface area contributed by atoms with E-state index >= 15 is 0 Å². The molecule has 0 aliphatic rings. The normalized spacial score (nSPS) is 9.89.